The number of amides is 2. The number of hydrogen-bond donors (Lipinski definition) is 1. The van der Waals surface area contributed by atoms with Gasteiger partial charge in [-0.15, -0.1) is 0 Å². The van der Waals surface area contributed by atoms with Crippen LogP contribution in [0.2, 0.25) is 0 Å². The molecular weight excluding hydrogens is 401 g/mol. The van der Waals surface area contributed by atoms with Crippen molar-refractivity contribution in [3.05, 3.63) is 32.2 Å². The van der Waals surface area contributed by atoms with Crippen LogP contribution in [0, 0.1) is 3.57 Å². The Kier molecular flexibility index (Phi) is 5.69. The highest BCUT2D eigenvalue weighted by molar-refractivity contribution is 14.1. The lowest BCUT2D eigenvalue weighted by Gasteiger charge is -2.11. The summed E-state index contributed by atoms with van der Waals surface area (Å²) in [6.07, 6.45) is 4.61. The summed E-state index contributed by atoms with van der Waals surface area (Å²) >= 11 is 3.00. The van der Waals surface area contributed by atoms with Gasteiger partial charge in [0.1, 0.15) is 5.75 Å². The standard InChI is InChI=1S/C15H16INO3S/c1-2-3-4-7-17-14(19)13(21-15(17)20)9-10-5-6-12(18)11(16)8-10/h5-6,8-9,18H,2-4,7H2,1H3/b13-9-. The van der Waals surface area contributed by atoms with E-state index in [2.05, 4.69) is 6.92 Å². The van der Waals surface area contributed by atoms with Crippen molar-refractivity contribution in [3.8, 4) is 5.75 Å². The number of rotatable bonds is 5. The number of phenolic OH excluding ortho intramolecular Hbond substituents is 1. The van der Waals surface area contributed by atoms with E-state index in [0.29, 0.717) is 15.0 Å². The normalized spacial score (nSPS) is 17.0. The van der Waals surface area contributed by atoms with Crippen molar-refractivity contribution in [2.75, 3.05) is 6.54 Å². The molecule has 1 aromatic carbocycles. The van der Waals surface area contributed by atoms with Crippen LogP contribution in [0.25, 0.3) is 6.08 Å². The summed E-state index contributed by atoms with van der Waals surface area (Å²) in [4.78, 5) is 25.9. The summed E-state index contributed by atoms with van der Waals surface area (Å²) in [6.45, 7) is 2.57. The second-order valence-electron chi connectivity index (χ2n) is 4.75. The van der Waals surface area contributed by atoms with Gasteiger partial charge in [0.25, 0.3) is 11.1 Å². The summed E-state index contributed by atoms with van der Waals surface area (Å²) < 4.78 is 0.712. The Morgan fingerprint density at radius 1 is 1.33 bits per heavy atom. The summed E-state index contributed by atoms with van der Waals surface area (Å²) in [7, 11) is 0. The lowest BCUT2D eigenvalue weighted by atomic mass is 10.2. The molecule has 1 aliphatic rings. The summed E-state index contributed by atoms with van der Waals surface area (Å²) in [6, 6.07) is 5.09. The highest BCUT2D eigenvalue weighted by Gasteiger charge is 2.34. The first-order chi connectivity index (χ1) is 10.0. The van der Waals surface area contributed by atoms with Crippen molar-refractivity contribution in [1.29, 1.82) is 0 Å². The second-order valence-corrected chi connectivity index (χ2v) is 6.91. The van der Waals surface area contributed by atoms with Gasteiger partial charge in [0.2, 0.25) is 0 Å². The van der Waals surface area contributed by atoms with Crippen molar-refractivity contribution in [3.63, 3.8) is 0 Å². The van der Waals surface area contributed by atoms with Crippen molar-refractivity contribution < 1.29 is 14.7 Å². The Morgan fingerprint density at radius 2 is 2.10 bits per heavy atom. The minimum absolute atomic E-state index is 0.198. The number of aromatic hydroxyl groups is 1. The number of thioether (sulfide) groups is 1. The average Bonchev–Trinajstić information content (AvgIpc) is 2.70. The van der Waals surface area contributed by atoms with E-state index in [1.807, 2.05) is 22.6 Å². The lowest BCUT2D eigenvalue weighted by Crippen LogP contribution is -2.29. The first kappa shape index (κ1) is 16.4. The van der Waals surface area contributed by atoms with Gasteiger partial charge in [0, 0.05) is 6.54 Å². The number of nitrogens with zero attached hydrogens (tertiary/aromatic N) is 1. The molecule has 4 nitrogen and oxygen atoms in total. The fraction of sp³-hybridized carbons (Fsp3) is 0.333. The molecule has 1 saturated heterocycles. The van der Waals surface area contributed by atoms with Gasteiger partial charge in [-0.05, 0) is 64.5 Å². The molecule has 2 amide bonds. The highest BCUT2D eigenvalue weighted by Crippen LogP contribution is 2.33. The Hall–Kier alpha value is -1.02. The maximum absolute atomic E-state index is 12.2. The summed E-state index contributed by atoms with van der Waals surface area (Å²) in [5.41, 5.74) is 0.802. The molecule has 0 radical (unpaired) electrons. The molecule has 0 bridgehead atoms. The van der Waals surface area contributed by atoms with Crippen LogP contribution in [0.15, 0.2) is 23.1 Å². The molecule has 0 aliphatic carbocycles. The molecular formula is C15H16INO3S. The molecule has 0 aromatic heterocycles. The Balaban J connectivity index is 2.13. The van der Waals surface area contributed by atoms with Gasteiger partial charge in [-0.3, -0.25) is 14.5 Å². The zero-order chi connectivity index (χ0) is 15.4. The number of carbonyl (C=O) groups excluding carboxylic acids is 2. The van der Waals surface area contributed by atoms with Crippen molar-refractivity contribution in [2.45, 2.75) is 26.2 Å². The van der Waals surface area contributed by atoms with Gasteiger partial charge in [-0.25, -0.2) is 0 Å². The van der Waals surface area contributed by atoms with Crippen LogP contribution in [0.3, 0.4) is 0 Å². The first-order valence-corrected chi connectivity index (χ1v) is 8.66. The molecule has 21 heavy (non-hydrogen) atoms. The van der Waals surface area contributed by atoms with Gasteiger partial charge in [0.15, 0.2) is 0 Å². The number of halogens is 1. The van der Waals surface area contributed by atoms with Gasteiger partial charge in [-0.2, -0.15) is 0 Å². The predicted octanol–water partition coefficient (Wildman–Crippen LogP) is 4.22. The Bertz CT molecular complexity index is 601. The number of carbonyl (C=O) groups is 2. The van der Waals surface area contributed by atoms with E-state index in [1.165, 1.54) is 4.90 Å². The largest absolute Gasteiger partial charge is 0.507 e. The third-order valence-corrected chi connectivity index (χ3v) is 4.90. The van der Waals surface area contributed by atoms with E-state index in [1.54, 1.807) is 24.3 Å². The zero-order valence-corrected chi connectivity index (χ0v) is 14.6. The van der Waals surface area contributed by atoms with Crippen molar-refractivity contribution in [2.24, 2.45) is 0 Å². The van der Waals surface area contributed by atoms with E-state index in [4.69, 9.17) is 0 Å². The molecule has 1 aromatic rings. The molecule has 1 aliphatic heterocycles. The minimum Gasteiger partial charge on any atom is -0.507 e. The number of imide groups is 1. The molecule has 0 unspecified atom stereocenters. The Morgan fingerprint density at radius 3 is 2.76 bits per heavy atom. The number of phenols is 1. The maximum Gasteiger partial charge on any atom is 0.293 e. The Labute approximate surface area is 141 Å². The van der Waals surface area contributed by atoms with Crippen LogP contribution >= 0.6 is 34.4 Å². The molecule has 2 rings (SSSR count). The lowest BCUT2D eigenvalue weighted by molar-refractivity contribution is -0.122. The third-order valence-electron chi connectivity index (χ3n) is 3.13. The van der Waals surface area contributed by atoms with Crippen LogP contribution < -0.4 is 0 Å². The maximum atomic E-state index is 12.2. The van der Waals surface area contributed by atoms with Crippen molar-refractivity contribution in [1.82, 2.24) is 4.90 Å². The van der Waals surface area contributed by atoms with E-state index in [-0.39, 0.29) is 16.9 Å². The molecule has 1 heterocycles. The first-order valence-electron chi connectivity index (χ1n) is 6.77. The minimum atomic E-state index is -0.218. The predicted molar refractivity (Wildman–Crippen MR) is 93.0 cm³/mol. The highest BCUT2D eigenvalue weighted by atomic mass is 127. The van der Waals surface area contributed by atoms with Gasteiger partial charge >= 0.3 is 0 Å². The van der Waals surface area contributed by atoms with Crippen molar-refractivity contribution >= 4 is 51.6 Å². The zero-order valence-electron chi connectivity index (χ0n) is 11.6. The molecule has 0 atom stereocenters. The van der Waals surface area contributed by atoms with Crippen LogP contribution in [0.5, 0.6) is 5.75 Å². The molecule has 6 heteroatoms. The van der Waals surface area contributed by atoms with Crippen LogP contribution in [0.4, 0.5) is 4.79 Å². The molecule has 0 saturated carbocycles. The van der Waals surface area contributed by atoms with Crippen LogP contribution in [-0.4, -0.2) is 27.7 Å². The number of unbranched alkanes of at least 4 members (excludes halogenated alkanes) is 2. The number of benzene rings is 1. The summed E-state index contributed by atoms with van der Waals surface area (Å²) in [5, 5.41) is 9.30. The van der Waals surface area contributed by atoms with Gasteiger partial charge in [-0.1, -0.05) is 25.8 Å². The molecule has 0 spiro atoms. The molecule has 112 valence electrons. The number of hydrogen-bond acceptors (Lipinski definition) is 4. The van der Waals surface area contributed by atoms with E-state index in [0.717, 1.165) is 36.6 Å². The topological polar surface area (TPSA) is 57.6 Å². The molecule has 1 fully saturated rings. The van der Waals surface area contributed by atoms with Crippen LogP contribution in [0.1, 0.15) is 31.7 Å². The smallest absolute Gasteiger partial charge is 0.293 e. The fourth-order valence-electron chi connectivity index (χ4n) is 1.98. The second kappa shape index (κ2) is 7.31. The summed E-state index contributed by atoms with van der Waals surface area (Å²) in [5.74, 6) is -0.00962. The van der Waals surface area contributed by atoms with Crippen LogP contribution in [-0.2, 0) is 4.79 Å². The fourth-order valence-corrected chi connectivity index (χ4v) is 3.38. The van der Waals surface area contributed by atoms with E-state index in [9.17, 15) is 14.7 Å². The quantitative estimate of drug-likeness (QED) is 0.443. The SMILES string of the molecule is CCCCCN1C(=O)S/C(=C\c2ccc(O)c(I)c2)C1=O. The third kappa shape index (κ3) is 4.00. The molecule has 1 N–H and O–H groups in total. The monoisotopic (exact) mass is 417 g/mol. The van der Waals surface area contributed by atoms with E-state index >= 15 is 0 Å². The van der Waals surface area contributed by atoms with E-state index < -0.39 is 0 Å². The van der Waals surface area contributed by atoms with Gasteiger partial charge in [0.05, 0.1) is 8.48 Å². The van der Waals surface area contributed by atoms with Gasteiger partial charge < -0.3 is 5.11 Å². The average molecular weight is 417 g/mol.